The molecule has 100 valence electrons. The Hall–Kier alpha value is -0.860. The predicted molar refractivity (Wildman–Crippen MR) is 75.6 cm³/mol. The van der Waals surface area contributed by atoms with Gasteiger partial charge in [0.2, 0.25) is 0 Å². The summed E-state index contributed by atoms with van der Waals surface area (Å²) in [7, 11) is 0. The van der Waals surface area contributed by atoms with Crippen LogP contribution in [0.25, 0.3) is 0 Å². The Morgan fingerprint density at radius 3 is 2.72 bits per heavy atom. The number of hydrogen-bond acceptors (Lipinski definition) is 2. The lowest BCUT2D eigenvalue weighted by molar-refractivity contribution is 0.117. The van der Waals surface area contributed by atoms with Gasteiger partial charge in [0.15, 0.2) is 0 Å². The molecule has 3 unspecified atom stereocenters. The van der Waals surface area contributed by atoms with E-state index in [1.165, 1.54) is 18.4 Å². The van der Waals surface area contributed by atoms with Crippen LogP contribution in [0, 0.1) is 5.92 Å². The maximum atomic E-state index is 6.25. The van der Waals surface area contributed by atoms with Crippen molar-refractivity contribution in [3.8, 4) is 0 Å². The van der Waals surface area contributed by atoms with Crippen molar-refractivity contribution in [3.63, 3.8) is 0 Å². The van der Waals surface area contributed by atoms with Crippen LogP contribution in [0.15, 0.2) is 30.3 Å². The van der Waals surface area contributed by atoms with Crippen molar-refractivity contribution >= 4 is 0 Å². The van der Waals surface area contributed by atoms with E-state index in [0.717, 1.165) is 26.1 Å². The average Bonchev–Trinajstić information content (AvgIpc) is 2.42. The zero-order valence-electron chi connectivity index (χ0n) is 11.3. The molecule has 1 fully saturated rings. The maximum absolute atomic E-state index is 6.25. The van der Waals surface area contributed by atoms with Gasteiger partial charge in [-0.3, -0.25) is 0 Å². The molecule has 1 aliphatic carbocycles. The molecule has 2 rings (SSSR count). The van der Waals surface area contributed by atoms with E-state index in [1.54, 1.807) is 0 Å². The third-order valence-corrected chi connectivity index (χ3v) is 4.15. The topological polar surface area (TPSA) is 35.2 Å². The molecular weight excluding hydrogens is 222 g/mol. The van der Waals surface area contributed by atoms with E-state index in [9.17, 15) is 0 Å². The Labute approximate surface area is 111 Å². The van der Waals surface area contributed by atoms with Crippen LogP contribution in [0.1, 0.15) is 44.1 Å². The van der Waals surface area contributed by atoms with E-state index in [1.807, 2.05) is 6.92 Å². The van der Waals surface area contributed by atoms with Crippen LogP contribution in [0.2, 0.25) is 0 Å². The molecule has 2 N–H and O–H groups in total. The van der Waals surface area contributed by atoms with Crippen molar-refractivity contribution in [1.29, 1.82) is 0 Å². The molecule has 1 aromatic rings. The molecule has 0 saturated heterocycles. The van der Waals surface area contributed by atoms with Crippen molar-refractivity contribution in [3.05, 3.63) is 35.9 Å². The van der Waals surface area contributed by atoms with E-state index in [-0.39, 0.29) is 0 Å². The quantitative estimate of drug-likeness (QED) is 0.810. The highest BCUT2D eigenvalue weighted by molar-refractivity contribution is 5.20. The highest BCUT2D eigenvalue weighted by atomic mass is 16.5. The van der Waals surface area contributed by atoms with Crippen molar-refractivity contribution in [1.82, 2.24) is 0 Å². The minimum absolute atomic E-state index is 0.366. The van der Waals surface area contributed by atoms with Crippen LogP contribution < -0.4 is 5.73 Å². The van der Waals surface area contributed by atoms with Crippen LogP contribution in [0.4, 0.5) is 0 Å². The highest BCUT2D eigenvalue weighted by Crippen LogP contribution is 2.36. The Bertz CT molecular complexity index is 338. The molecule has 0 heterocycles. The SMILES string of the molecule is CCOCCC1CC(c2ccccc2)CCC1N. The second-order valence-corrected chi connectivity index (χ2v) is 5.33. The fourth-order valence-corrected chi connectivity index (χ4v) is 3.03. The number of nitrogens with two attached hydrogens (primary N) is 1. The molecule has 0 aliphatic heterocycles. The summed E-state index contributed by atoms with van der Waals surface area (Å²) >= 11 is 0. The first-order valence-corrected chi connectivity index (χ1v) is 7.19. The monoisotopic (exact) mass is 247 g/mol. The van der Waals surface area contributed by atoms with Crippen molar-refractivity contribution in [2.24, 2.45) is 11.7 Å². The summed E-state index contributed by atoms with van der Waals surface area (Å²) in [5.74, 6) is 1.31. The minimum atomic E-state index is 0.366. The molecule has 2 nitrogen and oxygen atoms in total. The molecule has 18 heavy (non-hydrogen) atoms. The van der Waals surface area contributed by atoms with Gasteiger partial charge in [-0.25, -0.2) is 0 Å². The number of benzene rings is 1. The first kappa shape index (κ1) is 13.6. The molecule has 2 heteroatoms. The van der Waals surface area contributed by atoms with Gasteiger partial charge in [-0.15, -0.1) is 0 Å². The van der Waals surface area contributed by atoms with Gasteiger partial charge in [-0.05, 0) is 50.0 Å². The molecule has 3 atom stereocenters. The molecule has 0 spiro atoms. The maximum Gasteiger partial charge on any atom is 0.0469 e. The first-order chi connectivity index (χ1) is 8.81. The van der Waals surface area contributed by atoms with Gasteiger partial charge in [0.1, 0.15) is 0 Å². The van der Waals surface area contributed by atoms with E-state index in [4.69, 9.17) is 10.5 Å². The molecule has 0 aromatic heterocycles. The van der Waals surface area contributed by atoms with E-state index >= 15 is 0 Å². The summed E-state index contributed by atoms with van der Waals surface area (Å²) in [6.07, 6.45) is 4.71. The summed E-state index contributed by atoms with van der Waals surface area (Å²) < 4.78 is 5.47. The van der Waals surface area contributed by atoms with Gasteiger partial charge in [-0.1, -0.05) is 30.3 Å². The second-order valence-electron chi connectivity index (χ2n) is 5.33. The number of rotatable bonds is 5. The largest absolute Gasteiger partial charge is 0.382 e. The lowest BCUT2D eigenvalue weighted by Gasteiger charge is -2.34. The standard InChI is InChI=1S/C16H25NO/c1-2-18-11-10-15-12-14(8-9-16(15)17)13-6-4-3-5-7-13/h3-7,14-16H,2,8-12,17H2,1H3. The smallest absolute Gasteiger partial charge is 0.0469 e. The molecule has 1 aromatic carbocycles. The van der Waals surface area contributed by atoms with Gasteiger partial charge >= 0.3 is 0 Å². The Balaban J connectivity index is 1.91. The van der Waals surface area contributed by atoms with Crippen molar-refractivity contribution < 1.29 is 4.74 Å². The summed E-state index contributed by atoms with van der Waals surface area (Å²) in [6.45, 7) is 3.72. The van der Waals surface area contributed by atoms with Crippen LogP contribution >= 0.6 is 0 Å². The van der Waals surface area contributed by atoms with Crippen molar-refractivity contribution in [2.45, 2.75) is 44.6 Å². The number of ether oxygens (including phenoxy) is 1. The van der Waals surface area contributed by atoms with Crippen molar-refractivity contribution in [2.75, 3.05) is 13.2 Å². The van der Waals surface area contributed by atoms with Gasteiger partial charge in [0.25, 0.3) is 0 Å². The first-order valence-electron chi connectivity index (χ1n) is 7.19. The van der Waals surface area contributed by atoms with E-state index in [2.05, 4.69) is 30.3 Å². The van der Waals surface area contributed by atoms with E-state index in [0.29, 0.717) is 17.9 Å². The lowest BCUT2D eigenvalue weighted by Crippen LogP contribution is -2.36. The Morgan fingerprint density at radius 2 is 2.00 bits per heavy atom. The summed E-state index contributed by atoms with van der Waals surface area (Å²) in [6, 6.07) is 11.2. The molecule has 0 bridgehead atoms. The molecular formula is C16H25NO. The van der Waals surface area contributed by atoms with Gasteiger partial charge in [0, 0.05) is 19.3 Å². The third-order valence-electron chi connectivity index (χ3n) is 4.15. The Morgan fingerprint density at radius 1 is 1.22 bits per heavy atom. The zero-order chi connectivity index (χ0) is 12.8. The van der Waals surface area contributed by atoms with E-state index < -0.39 is 0 Å². The van der Waals surface area contributed by atoms with Crippen LogP contribution in [-0.2, 0) is 4.74 Å². The molecule has 1 saturated carbocycles. The highest BCUT2D eigenvalue weighted by Gasteiger charge is 2.28. The normalized spacial score (nSPS) is 28.2. The lowest BCUT2D eigenvalue weighted by atomic mass is 9.74. The zero-order valence-corrected chi connectivity index (χ0v) is 11.3. The van der Waals surface area contributed by atoms with Gasteiger partial charge in [0.05, 0.1) is 0 Å². The molecule has 1 aliphatic rings. The van der Waals surface area contributed by atoms with Gasteiger partial charge < -0.3 is 10.5 Å². The van der Waals surface area contributed by atoms with Crippen LogP contribution in [0.5, 0.6) is 0 Å². The average molecular weight is 247 g/mol. The third kappa shape index (κ3) is 3.56. The summed E-state index contributed by atoms with van der Waals surface area (Å²) in [5, 5.41) is 0. The summed E-state index contributed by atoms with van der Waals surface area (Å²) in [5.41, 5.74) is 7.72. The second kappa shape index (κ2) is 6.91. The van der Waals surface area contributed by atoms with Crippen LogP contribution in [-0.4, -0.2) is 19.3 Å². The summed E-state index contributed by atoms with van der Waals surface area (Å²) in [4.78, 5) is 0. The molecule has 0 radical (unpaired) electrons. The number of hydrogen-bond donors (Lipinski definition) is 1. The van der Waals surface area contributed by atoms with Gasteiger partial charge in [-0.2, -0.15) is 0 Å². The van der Waals surface area contributed by atoms with Crippen LogP contribution in [0.3, 0.4) is 0 Å². The molecule has 0 amide bonds. The minimum Gasteiger partial charge on any atom is -0.382 e. The fourth-order valence-electron chi connectivity index (χ4n) is 3.03. The Kier molecular flexibility index (Phi) is 5.21. The predicted octanol–water partition coefficient (Wildman–Crippen LogP) is 3.32. The fraction of sp³-hybridized carbons (Fsp3) is 0.625.